The van der Waals surface area contributed by atoms with Crippen LogP contribution in [0.15, 0.2) is 33.4 Å². The van der Waals surface area contributed by atoms with Crippen molar-refractivity contribution < 1.29 is 14.7 Å². The molecule has 0 saturated heterocycles. The van der Waals surface area contributed by atoms with Gasteiger partial charge < -0.3 is 10.4 Å². The highest BCUT2D eigenvalue weighted by Crippen LogP contribution is 2.27. The number of carbonyl (C=O) groups is 2. The second kappa shape index (κ2) is 5.73. The Morgan fingerprint density at radius 1 is 1.37 bits per heavy atom. The van der Waals surface area contributed by atoms with Gasteiger partial charge in [0, 0.05) is 5.38 Å². The third-order valence-electron chi connectivity index (χ3n) is 2.31. The number of hydrogen-bond acceptors (Lipinski definition) is 3. The van der Waals surface area contributed by atoms with Crippen LogP contribution in [0.4, 0.5) is 5.69 Å². The number of aromatic carboxylic acids is 1. The van der Waals surface area contributed by atoms with Gasteiger partial charge in [0.25, 0.3) is 5.91 Å². The number of para-hydroxylation sites is 1. The molecule has 98 valence electrons. The fourth-order valence-corrected chi connectivity index (χ4v) is 2.80. The molecule has 1 heterocycles. The van der Waals surface area contributed by atoms with Crippen molar-refractivity contribution in [3.63, 3.8) is 0 Å². The number of carboxylic acid groups (broad SMARTS) is 1. The zero-order valence-electron chi connectivity index (χ0n) is 9.31. The first-order chi connectivity index (χ1) is 8.99. The fraction of sp³-hybridized carbons (Fsp3) is 0. The minimum atomic E-state index is -1.15. The van der Waals surface area contributed by atoms with Gasteiger partial charge in [0.1, 0.15) is 0 Å². The van der Waals surface area contributed by atoms with Crippen LogP contribution in [0.2, 0.25) is 5.02 Å². The number of rotatable bonds is 3. The number of thiophene rings is 1. The van der Waals surface area contributed by atoms with Gasteiger partial charge in [0.15, 0.2) is 0 Å². The third-order valence-corrected chi connectivity index (χ3v) is 4.13. The van der Waals surface area contributed by atoms with Crippen LogP contribution in [0, 0.1) is 0 Å². The van der Waals surface area contributed by atoms with Gasteiger partial charge in [-0.15, -0.1) is 11.3 Å². The molecule has 0 bridgehead atoms. The highest BCUT2D eigenvalue weighted by Gasteiger charge is 2.16. The van der Waals surface area contributed by atoms with Gasteiger partial charge >= 0.3 is 5.97 Å². The summed E-state index contributed by atoms with van der Waals surface area (Å²) in [5.74, 6) is -1.55. The van der Waals surface area contributed by atoms with E-state index in [4.69, 9.17) is 16.7 Å². The normalized spacial score (nSPS) is 10.2. The van der Waals surface area contributed by atoms with E-state index in [0.29, 0.717) is 5.56 Å². The van der Waals surface area contributed by atoms with Gasteiger partial charge in [-0.2, -0.15) is 0 Å². The summed E-state index contributed by atoms with van der Waals surface area (Å²) in [6.07, 6.45) is 0. The van der Waals surface area contributed by atoms with Crippen molar-refractivity contribution in [2.75, 3.05) is 5.32 Å². The lowest BCUT2D eigenvalue weighted by Gasteiger charge is -2.09. The molecule has 1 amide bonds. The number of anilines is 1. The van der Waals surface area contributed by atoms with Gasteiger partial charge in [-0.1, -0.05) is 17.7 Å². The minimum Gasteiger partial charge on any atom is -0.478 e. The maximum atomic E-state index is 12.0. The maximum absolute atomic E-state index is 12.0. The van der Waals surface area contributed by atoms with Gasteiger partial charge in [-0.25, -0.2) is 4.79 Å². The second-order valence-corrected chi connectivity index (χ2v) is 6.26. The van der Waals surface area contributed by atoms with Crippen molar-refractivity contribution in [3.8, 4) is 0 Å². The molecule has 0 radical (unpaired) electrons. The number of nitrogens with one attached hydrogen (secondary N) is 1. The topological polar surface area (TPSA) is 66.4 Å². The van der Waals surface area contributed by atoms with Crippen molar-refractivity contribution in [2.45, 2.75) is 0 Å². The van der Waals surface area contributed by atoms with E-state index >= 15 is 0 Å². The standard InChI is InChI=1S/C12H7BrClNO3S/c13-9-4-6(5-19-9)11(16)15-10-7(12(17)18)2-1-3-8(10)14/h1-5H,(H,15,16)(H,17,18). The Labute approximate surface area is 126 Å². The summed E-state index contributed by atoms with van der Waals surface area (Å²) in [5, 5.41) is 13.4. The minimum absolute atomic E-state index is 0.0462. The summed E-state index contributed by atoms with van der Waals surface area (Å²) in [7, 11) is 0. The molecule has 0 spiro atoms. The Bertz CT molecular complexity index is 656. The van der Waals surface area contributed by atoms with E-state index in [1.807, 2.05) is 0 Å². The van der Waals surface area contributed by atoms with Crippen molar-refractivity contribution in [3.05, 3.63) is 49.6 Å². The van der Waals surface area contributed by atoms with Crippen LogP contribution < -0.4 is 5.32 Å². The number of hydrogen-bond donors (Lipinski definition) is 2. The quantitative estimate of drug-likeness (QED) is 0.865. The van der Waals surface area contributed by atoms with Crippen LogP contribution in [0.3, 0.4) is 0 Å². The molecule has 7 heteroatoms. The summed E-state index contributed by atoms with van der Waals surface area (Å²) in [6, 6.07) is 6.07. The van der Waals surface area contributed by atoms with Gasteiger partial charge in [0.05, 0.1) is 25.6 Å². The Hall–Kier alpha value is -1.37. The second-order valence-electron chi connectivity index (χ2n) is 3.56. The summed E-state index contributed by atoms with van der Waals surface area (Å²) in [4.78, 5) is 23.1. The lowest BCUT2D eigenvalue weighted by molar-refractivity contribution is 0.0698. The molecule has 0 saturated carbocycles. The molecule has 0 aliphatic heterocycles. The molecule has 0 fully saturated rings. The lowest BCUT2D eigenvalue weighted by atomic mass is 10.1. The molecule has 4 nitrogen and oxygen atoms in total. The molecule has 0 unspecified atom stereocenters. The van der Waals surface area contributed by atoms with Crippen LogP contribution in [0.1, 0.15) is 20.7 Å². The van der Waals surface area contributed by atoms with E-state index in [1.165, 1.54) is 29.5 Å². The van der Waals surface area contributed by atoms with Crippen molar-refractivity contribution in [2.24, 2.45) is 0 Å². The van der Waals surface area contributed by atoms with Gasteiger partial charge in [-0.05, 0) is 34.1 Å². The Morgan fingerprint density at radius 3 is 2.68 bits per heavy atom. The zero-order chi connectivity index (χ0) is 14.0. The summed E-state index contributed by atoms with van der Waals surface area (Å²) < 4.78 is 0.815. The molecular formula is C12H7BrClNO3S. The smallest absolute Gasteiger partial charge is 0.337 e. The van der Waals surface area contributed by atoms with E-state index in [1.54, 1.807) is 11.4 Å². The maximum Gasteiger partial charge on any atom is 0.337 e. The highest BCUT2D eigenvalue weighted by molar-refractivity contribution is 9.11. The van der Waals surface area contributed by atoms with Crippen LogP contribution >= 0.6 is 38.9 Å². The highest BCUT2D eigenvalue weighted by atomic mass is 79.9. The van der Waals surface area contributed by atoms with E-state index in [-0.39, 0.29) is 16.3 Å². The lowest BCUT2D eigenvalue weighted by Crippen LogP contribution is -2.14. The van der Waals surface area contributed by atoms with Crippen LogP contribution in [-0.2, 0) is 0 Å². The monoisotopic (exact) mass is 359 g/mol. The van der Waals surface area contributed by atoms with Crippen molar-refractivity contribution in [1.82, 2.24) is 0 Å². The number of carboxylic acids is 1. The molecule has 2 rings (SSSR count). The van der Waals surface area contributed by atoms with E-state index in [2.05, 4.69) is 21.2 Å². The van der Waals surface area contributed by atoms with Crippen molar-refractivity contribution >= 4 is 56.4 Å². The molecule has 1 aromatic heterocycles. The van der Waals surface area contributed by atoms with E-state index in [0.717, 1.165) is 3.79 Å². The predicted octanol–water partition coefficient (Wildman–Crippen LogP) is 4.11. The van der Waals surface area contributed by atoms with E-state index in [9.17, 15) is 9.59 Å². The molecule has 2 N–H and O–H groups in total. The molecule has 0 atom stereocenters. The molecule has 0 aliphatic rings. The summed E-state index contributed by atoms with van der Waals surface area (Å²) >= 11 is 10.5. The van der Waals surface area contributed by atoms with Crippen LogP contribution in [0.5, 0.6) is 0 Å². The average molecular weight is 361 g/mol. The van der Waals surface area contributed by atoms with Gasteiger partial charge in [0.2, 0.25) is 0 Å². The number of carbonyl (C=O) groups excluding carboxylic acids is 1. The first-order valence-electron chi connectivity index (χ1n) is 5.06. The Balaban J connectivity index is 2.33. The Morgan fingerprint density at radius 2 is 2.11 bits per heavy atom. The van der Waals surface area contributed by atoms with Crippen LogP contribution in [-0.4, -0.2) is 17.0 Å². The molecule has 0 aliphatic carbocycles. The molecule has 19 heavy (non-hydrogen) atoms. The number of benzene rings is 1. The first kappa shape index (κ1) is 14.0. The SMILES string of the molecule is O=C(Nc1c(Cl)cccc1C(=O)O)c1csc(Br)c1. The van der Waals surface area contributed by atoms with Crippen molar-refractivity contribution in [1.29, 1.82) is 0 Å². The molecular weight excluding hydrogens is 354 g/mol. The van der Waals surface area contributed by atoms with E-state index < -0.39 is 11.9 Å². The average Bonchev–Trinajstić information content (AvgIpc) is 2.78. The molecule has 1 aromatic carbocycles. The Kier molecular flexibility index (Phi) is 4.24. The number of halogens is 2. The molecule has 2 aromatic rings. The first-order valence-corrected chi connectivity index (χ1v) is 7.11. The summed E-state index contributed by atoms with van der Waals surface area (Å²) in [6.45, 7) is 0. The predicted molar refractivity (Wildman–Crippen MR) is 78.4 cm³/mol. The zero-order valence-corrected chi connectivity index (χ0v) is 12.5. The largest absolute Gasteiger partial charge is 0.478 e. The number of amides is 1. The van der Waals surface area contributed by atoms with Crippen LogP contribution in [0.25, 0.3) is 0 Å². The van der Waals surface area contributed by atoms with Gasteiger partial charge in [-0.3, -0.25) is 4.79 Å². The summed E-state index contributed by atoms with van der Waals surface area (Å²) in [5.41, 5.74) is 0.493. The fourth-order valence-electron chi connectivity index (χ4n) is 1.44. The third kappa shape index (κ3) is 3.15.